The Balaban J connectivity index is 1.96. The molecular weight excluding hydrogens is 220 g/mol. The third-order valence-corrected chi connectivity index (χ3v) is 4.90. The highest BCUT2D eigenvalue weighted by Crippen LogP contribution is 2.43. The molecule has 2 heteroatoms. The van der Waals surface area contributed by atoms with Gasteiger partial charge in [0.2, 0.25) is 0 Å². The number of nitrogens with one attached hydrogen (secondary N) is 1. The first kappa shape index (κ1) is 11.9. The Morgan fingerprint density at radius 2 is 1.94 bits per heavy atom. The van der Waals surface area contributed by atoms with E-state index in [-0.39, 0.29) is 0 Å². The van der Waals surface area contributed by atoms with Gasteiger partial charge in [0.1, 0.15) is 0 Å². The quantitative estimate of drug-likeness (QED) is 0.803. The van der Waals surface area contributed by atoms with Crippen molar-refractivity contribution in [1.29, 1.82) is 0 Å². The van der Waals surface area contributed by atoms with Gasteiger partial charge in [0.05, 0.1) is 16.9 Å². The van der Waals surface area contributed by atoms with Crippen molar-refractivity contribution in [2.24, 2.45) is 0 Å². The smallest absolute Gasteiger partial charge is 0.0604 e. The zero-order chi connectivity index (χ0) is 12.8. The maximum Gasteiger partial charge on any atom is 0.0604 e. The van der Waals surface area contributed by atoms with Gasteiger partial charge in [-0.1, -0.05) is 32.8 Å². The molecule has 1 aliphatic carbocycles. The molecule has 2 nitrogen and oxygen atoms in total. The van der Waals surface area contributed by atoms with Crippen molar-refractivity contribution in [2.45, 2.75) is 51.0 Å². The lowest BCUT2D eigenvalue weighted by Gasteiger charge is -2.45. The number of hydrogen-bond donors (Lipinski definition) is 1. The van der Waals surface area contributed by atoms with Crippen LogP contribution in [0.2, 0.25) is 0 Å². The molecular formula is C16H24N2. The van der Waals surface area contributed by atoms with Crippen molar-refractivity contribution < 1.29 is 0 Å². The molecule has 1 spiro atoms. The highest BCUT2D eigenvalue weighted by atomic mass is 15.2. The number of nitrogens with zero attached hydrogens (tertiary/aromatic N) is 1. The molecule has 0 atom stereocenters. The highest BCUT2D eigenvalue weighted by molar-refractivity contribution is 5.74. The SMILES string of the molecule is CC(C)c1ccc2c(c1)NCC1(CCCC1)N2C. The summed E-state index contributed by atoms with van der Waals surface area (Å²) in [5.74, 6) is 0.602. The van der Waals surface area contributed by atoms with E-state index in [0.29, 0.717) is 11.5 Å². The van der Waals surface area contributed by atoms with Crippen molar-refractivity contribution >= 4 is 11.4 Å². The predicted molar refractivity (Wildman–Crippen MR) is 78.6 cm³/mol. The molecule has 18 heavy (non-hydrogen) atoms. The number of rotatable bonds is 1. The van der Waals surface area contributed by atoms with Crippen LogP contribution < -0.4 is 10.2 Å². The first-order valence-corrected chi connectivity index (χ1v) is 7.24. The average molecular weight is 244 g/mol. The third kappa shape index (κ3) is 1.70. The van der Waals surface area contributed by atoms with Gasteiger partial charge in [-0.25, -0.2) is 0 Å². The Bertz CT molecular complexity index is 444. The van der Waals surface area contributed by atoms with E-state index < -0.39 is 0 Å². The maximum atomic E-state index is 3.68. The highest BCUT2D eigenvalue weighted by Gasteiger charge is 2.41. The van der Waals surface area contributed by atoms with Crippen LogP contribution in [0.5, 0.6) is 0 Å². The summed E-state index contributed by atoms with van der Waals surface area (Å²) in [6, 6.07) is 6.92. The van der Waals surface area contributed by atoms with Crippen molar-refractivity contribution in [3.8, 4) is 0 Å². The number of likely N-dealkylation sites (N-methyl/N-ethyl adjacent to an activating group) is 1. The molecule has 0 radical (unpaired) electrons. The Morgan fingerprint density at radius 1 is 1.22 bits per heavy atom. The molecule has 2 aliphatic rings. The topological polar surface area (TPSA) is 15.3 Å². The molecule has 0 amide bonds. The second-order valence-corrected chi connectivity index (χ2v) is 6.28. The number of hydrogen-bond acceptors (Lipinski definition) is 2. The zero-order valence-electron chi connectivity index (χ0n) is 11.8. The summed E-state index contributed by atoms with van der Waals surface area (Å²) in [6.07, 6.45) is 5.43. The van der Waals surface area contributed by atoms with E-state index in [1.54, 1.807) is 0 Å². The van der Waals surface area contributed by atoms with E-state index in [9.17, 15) is 0 Å². The minimum Gasteiger partial charge on any atom is -0.381 e. The van der Waals surface area contributed by atoms with Gasteiger partial charge in [-0.3, -0.25) is 0 Å². The van der Waals surface area contributed by atoms with Gasteiger partial charge in [-0.2, -0.15) is 0 Å². The molecule has 1 fully saturated rings. The predicted octanol–water partition coefficient (Wildman–Crippen LogP) is 3.98. The van der Waals surface area contributed by atoms with Crippen LogP contribution in [0.4, 0.5) is 11.4 Å². The minimum absolute atomic E-state index is 0.381. The fraction of sp³-hybridized carbons (Fsp3) is 0.625. The molecule has 0 unspecified atom stereocenters. The molecule has 1 aliphatic heterocycles. The third-order valence-electron chi connectivity index (χ3n) is 4.90. The van der Waals surface area contributed by atoms with Gasteiger partial charge in [0.15, 0.2) is 0 Å². The molecule has 98 valence electrons. The molecule has 0 bridgehead atoms. The van der Waals surface area contributed by atoms with Crippen LogP contribution in [-0.2, 0) is 0 Å². The lowest BCUT2D eigenvalue weighted by molar-refractivity contribution is 0.429. The average Bonchev–Trinajstić information content (AvgIpc) is 2.83. The Hall–Kier alpha value is -1.18. The number of benzene rings is 1. The van der Waals surface area contributed by atoms with Crippen LogP contribution in [0.1, 0.15) is 51.0 Å². The molecule has 3 rings (SSSR count). The summed E-state index contributed by atoms with van der Waals surface area (Å²) in [4.78, 5) is 2.54. The summed E-state index contributed by atoms with van der Waals surface area (Å²) >= 11 is 0. The van der Waals surface area contributed by atoms with Crippen molar-refractivity contribution in [2.75, 3.05) is 23.8 Å². The fourth-order valence-electron chi connectivity index (χ4n) is 3.53. The summed E-state index contributed by atoms with van der Waals surface area (Å²) in [5, 5.41) is 3.68. The van der Waals surface area contributed by atoms with Crippen LogP contribution in [0.25, 0.3) is 0 Å². The van der Waals surface area contributed by atoms with Gasteiger partial charge in [-0.05, 0) is 36.5 Å². The van der Waals surface area contributed by atoms with E-state index in [1.165, 1.54) is 42.6 Å². The normalized spacial score (nSPS) is 21.2. The van der Waals surface area contributed by atoms with E-state index >= 15 is 0 Å². The van der Waals surface area contributed by atoms with Gasteiger partial charge in [0.25, 0.3) is 0 Å². The Morgan fingerprint density at radius 3 is 2.61 bits per heavy atom. The lowest BCUT2D eigenvalue weighted by atomic mass is 9.91. The fourth-order valence-corrected chi connectivity index (χ4v) is 3.53. The van der Waals surface area contributed by atoms with E-state index in [4.69, 9.17) is 0 Å². The number of anilines is 2. The summed E-state index contributed by atoms with van der Waals surface area (Å²) in [5.41, 5.74) is 4.51. The second-order valence-electron chi connectivity index (χ2n) is 6.28. The van der Waals surface area contributed by atoms with Crippen LogP contribution in [0.15, 0.2) is 18.2 Å². The summed E-state index contributed by atoms with van der Waals surface area (Å²) < 4.78 is 0. The monoisotopic (exact) mass is 244 g/mol. The van der Waals surface area contributed by atoms with Crippen molar-refractivity contribution in [3.63, 3.8) is 0 Å². The first-order valence-electron chi connectivity index (χ1n) is 7.24. The van der Waals surface area contributed by atoms with Gasteiger partial charge < -0.3 is 10.2 Å². The molecule has 1 aromatic carbocycles. The largest absolute Gasteiger partial charge is 0.381 e. The summed E-state index contributed by atoms with van der Waals surface area (Å²) in [7, 11) is 2.28. The Kier molecular flexibility index (Phi) is 2.76. The van der Waals surface area contributed by atoms with Crippen LogP contribution in [0, 0.1) is 0 Å². The molecule has 1 aromatic rings. The van der Waals surface area contributed by atoms with Crippen LogP contribution in [0.3, 0.4) is 0 Å². The summed E-state index contributed by atoms with van der Waals surface area (Å²) in [6.45, 7) is 5.62. The molecule has 0 saturated heterocycles. The number of fused-ring (bicyclic) bond motifs is 1. The van der Waals surface area contributed by atoms with Gasteiger partial charge >= 0.3 is 0 Å². The standard InChI is InChI=1S/C16H24N2/c1-12(2)13-6-7-15-14(10-13)17-11-16(18(15)3)8-4-5-9-16/h6-7,10,12,17H,4-5,8-9,11H2,1-3H3. The Labute approximate surface area is 110 Å². The van der Waals surface area contributed by atoms with Gasteiger partial charge in [-0.15, -0.1) is 0 Å². The molecule has 1 saturated carbocycles. The van der Waals surface area contributed by atoms with E-state index in [0.717, 1.165) is 6.54 Å². The molecule has 0 aromatic heterocycles. The van der Waals surface area contributed by atoms with E-state index in [2.05, 4.69) is 49.3 Å². The molecule has 1 heterocycles. The second kappa shape index (κ2) is 4.18. The molecule has 1 N–H and O–H groups in total. The first-order chi connectivity index (χ1) is 8.62. The van der Waals surface area contributed by atoms with E-state index in [1.807, 2.05) is 0 Å². The van der Waals surface area contributed by atoms with Crippen LogP contribution in [-0.4, -0.2) is 19.1 Å². The zero-order valence-corrected chi connectivity index (χ0v) is 11.8. The minimum atomic E-state index is 0.381. The van der Waals surface area contributed by atoms with Crippen molar-refractivity contribution in [3.05, 3.63) is 23.8 Å². The maximum absolute atomic E-state index is 3.68. The lowest BCUT2D eigenvalue weighted by Crippen LogP contribution is -2.52. The van der Waals surface area contributed by atoms with Crippen molar-refractivity contribution in [1.82, 2.24) is 0 Å². The van der Waals surface area contributed by atoms with Gasteiger partial charge in [0, 0.05) is 13.6 Å². The van der Waals surface area contributed by atoms with Crippen LogP contribution >= 0.6 is 0 Å².